The topological polar surface area (TPSA) is 111 Å². The molecule has 0 aromatic heterocycles. The average Bonchev–Trinajstić information content (AvgIpc) is 2.54. The summed E-state index contributed by atoms with van der Waals surface area (Å²) in [6.07, 6.45) is 1.32. The highest BCUT2D eigenvalue weighted by Crippen LogP contribution is 2.36. The predicted octanol–water partition coefficient (Wildman–Crippen LogP) is 2.18. The van der Waals surface area contributed by atoms with Crippen molar-refractivity contribution >= 4 is 26.0 Å². The quantitative estimate of drug-likeness (QED) is 0.256. The number of nitrogens with one attached hydrogen (secondary N) is 1. The van der Waals surface area contributed by atoms with Gasteiger partial charge in [0.25, 0.3) is 0 Å². The van der Waals surface area contributed by atoms with Gasteiger partial charge in [-0.3, -0.25) is 4.79 Å². The summed E-state index contributed by atoms with van der Waals surface area (Å²) in [7, 11) is -13.4. The van der Waals surface area contributed by atoms with Gasteiger partial charge in [-0.05, 0) is 26.8 Å². The van der Waals surface area contributed by atoms with Gasteiger partial charge in [0.1, 0.15) is 0 Å². The van der Waals surface area contributed by atoms with Crippen molar-refractivity contribution in [1.82, 2.24) is 5.32 Å². The summed E-state index contributed by atoms with van der Waals surface area (Å²) in [6, 6.07) is 0. The molecule has 0 aliphatic rings. The molecule has 0 bridgehead atoms. The predicted molar refractivity (Wildman–Crippen MR) is 88.4 cm³/mol. The van der Waals surface area contributed by atoms with Gasteiger partial charge in [0, 0.05) is 0 Å². The van der Waals surface area contributed by atoms with Gasteiger partial charge in [0.15, 0.2) is 26.7 Å². The first-order chi connectivity index (χ1) is 12.3. The standard InChI is InChI=1S/C10H20N2O.C2F6NO4S2/c1-5-10(13)11-9-12(6-2,7-3)8-4;3-1(4,5)14(10,11)9-15(12,13)2(6,7)8/h5H,1,6-9H2,2-4H3;/q;-1/p+1. The van der Waals surface area contributed by atoms with E-state index in [-0.39, 0.29) is 5.91 Å². The molecule has 0 aliphatic heterocycles. The van der Waals surface area contributed by atoms with Crippen LogP contribution in [-0.2, 0) is 24.8 Å². The molecule has 0 fully saturated rings. The molecule has 0 unspecified atom stereocenters. The number of rotatable bonds is 8. The maximum atomic E-state index is 11.4. The number of amides is 1. The summed E-state index contributed by atoms with van der Waals surface area (Å²) in [5.41, 5.74) is -12.4. The Morgan fingerprint density at radius 1 is 0.929 bits per heavy atom. The van der Waals surface area contributed by atoms with Gasteiger partial charge in [-0.1, -0.05) is 6.58 Å². The summed E-state index contributed by atoms with van der Waals surface area (Å²) in [4.78, 5) is 11.0. The molecule has 0 radical (unpaired) electrons. The van der Waals surface area contributed by atoms with Crippen LogP contribution in [0.1, 0.15) is 20.8 Å². The van der Waals surface area contributed by atoms with E-state index < -0.39 is 31.1 Å². The number of halogens is 6. The molecule has 0 saturated carbocycles. The molecule has 0 aromatic rings. The summed E-state index contributed by atoms with van der Waals surface area (Å²) in [6.45, 7) is 13.7. The molecule has 0 heterocycles. The number of sulfonamides is 2. The fourth-order valence-electron chi connectivity index (χ4n) is 1.54. The van der Waals surface area contributed by atoms with Gasteiger partial charge in [0.05, 0.1) is 19.6 Å². The van der Waals surface area contributed by atoms with Crippen LogP contribution in [0, 0.1) is 0 Å². The molecule has 8 nitrogen and oxygen atoms in total. The minimum absolute atomic E-state index is 0.0853. The largest absolute Gasteiger partial charge is 0.480 e. The van der Waals surface area contributed by atoms with Crippen molar-refractivity contribution in [1.29, 1.82) is 0 Å². The van der Waals surface area contributed by atoms with Crippen molar-refractivity contribution < 1.29 is 52.5 Å². The maximum absolute atomic E-state index is 11.4. The first-order valence-electron chi connectivity index (χ1n) is 7.46. The molecular formula is C12H21F6N3O5S2. The van der Waals surface area contributed by atoms with Crippen LogP contribution in [0.3, 0.4) is 0 Å². The van der Waals surface area contributed by atoms with Crippen LogP contribution in [-0.4, -0.2) is 64.5 Å². The lowest BCUT2D eigenvalue weighted by atomic mass is 10.4. The second-order valence-electron chi connectivity index (χ2n) is 5.11. The second-order valence-corrected chi connectivity index (χ2v) is 8.53. The highest BCUT2D eigenvalue weighted by atomic mass is 32.3. The fraction of sp³-hybridized carbons (Fsp3) is 0.750. The third-order valence-electron chi connectivity index (χ3n) is 3.57. The summed E-state index contributed by atoms with van der Waals surface area (Å²) < 4.78 is 110. The van der Waals surface area contributed by atoms with E-state index in [4.69, 9.17) is 0 Å². The number of hydrogen-bond acceptors (Lipinski definition) is 5. The number of carbonyl (C=O) groups excluding carboxylic acids is 1. The first-order valence-corrected chi connectivity index (χ1v) is 10.3. The van der Waals surface area contributed by atoms with Gasteiger partial charge >= 0.3 is 11.0 Å². The number of quaternary nitrogens is 1. The summed E-state index contributed by atoms with van der Waals surface area (Å²) in [5.74, 6) is -0.0853. The second kappa shape index (κ2) is 10.4. The highest BCUT2D eigenvalue weighted by molar-refractivity contribution is 8.13. The maximum Gasteiger partial charge on any atom is 0.480 e. The van der Waals surface area contributed by atoms with Gasteiger partial charge in [-0.2, -0.15) is 26.3 Å². The molecule has 0 rings (SSSR count). The van der Waals surface area contributed by atoms with E-state index in [1.165, 1.54) is 6.08 Å². The molecular weight excluding hydrogens is 444 g/mol. The summed E-state index contributed by atoms with van der Waals surface area (Å²) >= 11 is 0. The van der Waals surface area contributed by atoms with Crippen molar-refractivity contribution in [3.8, 4) is 0 Å². The smallest absolute Gasteiger partial charge is 0.421 e. The fourth-order valence-corrected chi connectivity index (χ4v) is 3.25. The van der Waals surface area contributed by atoms with Gasteiger partial charge in [0.2, 0.25) is 5.91 Å². The first kappa shape index (κ1) is 28.8. The SMILES string of the molecule is C=CC(=O)NC[N+](CC)(CC)CC.O=S(=O)([N-]S(=O)(=O)C(F)(F)F)C(F)(F)F. The third-order valence-corrected chi connectivity index (χ3v) is 6.31. The number of hydrogen-bond donors (Lipinski definition) is 1. The highest BCUT2D eigenvalue weighted by Gasteiger charge is 2.46. The third kappa shape index (κ3) is 8.74. The van der Waals surface area contributed by atoms with E-state index in [1.54, 1.807) is 0 Å². The monoisotopic (exact) mass is 465 g/mol. The van der Waals surface area contributed by atoms with E-state index in [9.17, 15) is 48.0 Å². The van der Waals surface area contributed by atoms with E-state index in [0.29, 0.717) is 6.67 Å². The van der Waals surface area contributed by atoms with E-state index in [2.05, 4.69) is 32.7 Å². The van der Waals surface area contributed by atoms with E-state index in [1.807, 2.05) is 0 Å². The lowest BCUT2D eigenvalue weighted by Crippen LogP contribution is -2.53. The normalized spacial score (nSPS) is 13.3. The van der Waals surface area contributed by atoms with Crippen LogP contribution in [0.15, 0.2) is 12.7 Å². The van der Waals surface area contributed by atoms with Crippen LogP contribution in [0.2, 0.25) is 0 Å². The van der Waals surface area contributed by atoms with Crippen LogP contribution in [0.4, 0.5) is 26.3 Å². The average molecular weight is 465 g/mol. The molecule has 16 heteroatoms. The number of carbonyl (C=O) groups is 1. The van der Waals surface area contributed by atoms with Crippen molar-refractivity contribution in [2.75, 3.05) is 26.3 Å². The van der Waals surface area contributed by atoms with Crippen molar-refractivity contribution in [2.45, 2.75) is 31.8 Å². The molecule has 1 amide bonds. The molecule has 0 aromatic carbocycles. The Morgan fingerprint density at radius 2 is 1.25 bits per heavy atom. The molecule has 1 N–H and O–H groups in total. The molecule has 0 atom stereocenters. The minimum Gasteiger partial charge on any atom is -0.421 e. The number of alkyl halides is 6. The van der Waals surface area contributed by atoms with Crippen molar-refractivity contribution in [2.24, 2.45) is 0 Å². The van der Waals surface area contributed by atoms with Crippen LogP contribution < -0.4 is 5.32 Å². The molecule has 168 valence electrons. The van der Waals surface area contributed by atoms with E-state index >= 15 is 0 Å². The Bertz CT molecular complexity index is 678. The lowest BCUT2D eigenvalue weighted by molar-refractivity contribution is -0.924. The zero-order valence-electron chi connectivity index (χ0n) is 15.1. The number of nitrogens with zero attached hydrogens (tertiary/aromatic N) is 2. The summed E-state index contributed by atoms with van der Waals surface area (Å²) in [5, 5.41) is 2.84. The van der Waals surface area contributed by atoms with Gasteiger partial charge in [-0.25, -0.2) is 16.8 Å². The molecule has 28 heavy (non-hydrogen) atoms. The van der Waals surface area contributed by atoms with Crippen LogP contribution in [0.25, 0.3) is 4.13 Å². The minimum atomic E-state index is -6.72. The van der Waals surface area contributed by atoms with Crippen molar-refractivity contribution in [3.05, 3.63) is 16.8 Å². The Kier molecular flexibility index (Phi) is 10.7. The van der Waals surface area contributed by atoms with Crippen LogP contribution >= 0.6 is 0 Å². The van der Waals surface area contributed by atoms with E-state index in [0.717, 1.165) is 28.2 Å². The Labute approximate surface area is 159 Å². The van der Waals surface area contributed by atoms with Crippen LogP contribution in [0.5, 0.6) is 0 Å². The molecule has 0 spiro atoms. The van der Waals surface area contributed by atoms with Crippen molar-refractivity contribution in [3.63, 3.8) is 0 Å². The Morgan fingerprint density at radius 3 is 1.46 bits per heavy atom. The zero-order chi connectivity index (χ0) is 23.0. The van der Waals surface area contributed by atoms with Gasteiger partial charge < -0.3 is 13.9 Å². The lowest BCUT2D eigenvalue weighted by Gasteiger charge is -2.35. The Hall–Kier alpha value is -1.39. The Balaban J connectivity index is 0. The van der Waals surface area contributed by atoms with Gasteiger partial charge in [-0.15, -0.1) is 0 Å². The molecule has 0 saturated heterocycles. The molecule has 0 aliphatic carbocycles. The zero-order valence-corrected chi connectivity index (χ0v) is 16.8.